The third-order valence-corrected chi connectivity index (χ3v) is 3.90. The molecule has 21 heavy (non-hydrogen) atoms. The van der Waals surface area contributed by atoms with Gasteiger partial charge >= 0.3 is 0 Å². The van der Waals surface area contributed by atoms with Crippen LogP contribution in [-0.2, 0) is 11.8 Å². The molecule has 1 fully saturated rings. The van der Waals surface area contributed by atoms with Crippen molar-refractivity contribution in [2.45, 2.75) is 44.9 Å². The molecule has 0 bridgehead atoms. The maximum absolute atomic E-state index is 5.79. The SMILES string of the molecule is CC1CC(Nc2cccc(-c3nncn3C)c2)CC(C)O1. The van der Waals surface area contributed by atoms with Gasteiger partial charge in [-0.2, -0.15) is 0 Å². The second kappa shape index (κ2) is 5.85. The van der Waals surface area contributed by atoms with Crippen LogP contribution in [0, 0.1) is 0 Å². The van der Waals surface area contributed by atoms with E-state index < -0.39 is 0 Å². The second-order valence-corrected chi connectivity index (χ2v) is 5.92. The van der Waals surface area contributed by atoms with E-state index in [1.807, 2.05) is 11.6 Å². The van der Waals surface area contributed by atoms with Crippen molar-refractivity contribution in [1.82, 2.24) is 14.8 Å². The summed E-state index contributed by atoms with van der Waals surface area (Å²) in [4.78, 5) is 0. The highest BCUT2D eigenvalue weighted by Crippen LogP contribution is 2.25. The first-order chi connectivity index (χ1) is 10.1. The molecule has 1 N–H and O–H groups in total. The van der Waals surface area contributed by atoms with Crippen molar-refractivity contribution < 1.29 is 4.74 Å². The second-order valence-electron chi connectivity index (χ2n) is 5.92. The summed E-state index contributed by atoms with van der Waals surface area (Å²) in [5, 5.41) is 11.7. The summed E-state index contributed by atoms with van der Waals surface area (Å²) in [7, 11) is 1.96. The standard InChI is InChI=1S/C16H22N4O/c1-11-7-15(8-12(2)21-11)18-14-6-4-5-13(9-14)16-19-17-10-20(16)3/h4-6,9-12,15,18H,7-8H2,1-3H3. The topological polar surface area (TPSA) is 52.0 Å². The van der Waals surface area contributed by atoms with Gasteiger partial charge in [0.05, 0.1) is 12.2 Å². The summed E-state index contributed by atoms with van der Waals surface area (Å²) in [6, 6.07) is 8.81. The van der Waals surface area contributed by atoms with E-state index in [1.54, 1.807) is 6.33 Å². The van der Waals surface area contributed by atoms with Crippen LogP contribution in [0.15, 0.2) is 30.6 Å². The minimum Gasteiger partial charge on any atom is -0.382 e. The van der Waals surface area contributed by atoms with Gasteiger partial charge in [0.1, 0.15) is 6.33 Å². The Kier molecular flexibility index (Phi) is 3.92. The first kappa shape index (κ1) is 14.1. The number of hydrogen-bond acceptors (Lipinski definition) is 4. The van der Waals surface area contributed by atoms with Gasteiger partial charge in [-0.25, -0.2) is 0 Å². The summed E-state index contributed by atoms with van der Waals surface area (Å²) in [5.74, 6) is 0.882. The lowest BCUT2D eigenvalue weighted by Gasteiger charge is -2.33. The van der Waals surface area contributed by atoms with E-state index in [9.17, 15) is 0 Å². The Morgan fingerprint density at radius 3 is 2.67 bits per heavy atom. The highest BCUT2D eigenvalue weighted by molar-refractivity contribution is 5.62. The molecule has 0 aliphatic carbocycles. The minimum absolute atomic E-state index is 0.313. The summed E-state index contributed by atoms with van der Waals surface area (Å²) < 4.78 is 7.72. The van der Waals surface area contributed by atoms with Gasteiger partial charge in [-0.3, -0.25) is 0 Å². The van der Waals surface area contributed by atoms with Crippen molar-refractivity contribution in [2.24, 2.45) is 7.05 Å². The first-order valence-corrected chi connectivity index (χ1v) is 7.48. The highest BCUT2D eigenvalue weighted by Gasteiger charge is 2.24. The molecule has 1 aliphatic heterocycles. The van der Waals surface area contributed by atoms with Crippen LogP contribution >= 0.6 is 0 Å². The van der Waals surface area contributed by atoms with Crippen molar-refractivity contribution in [1.29, 1.82) is 0 Å². The average Bonchev–Trinajstić information content (AvgIpc) is 2.84. The fraction of sp³-hybridized carbons (Fsp3) is 0.500. The Balaban J connectivity index is 1.76. The molecular formula is C16H22N4O. The molecular weight excluding hydrogens is 264 g/mol. The third kappa shape index (κ3) is 3.24. The van der Waals surface area contributed by atoms with Gasteiger partial charge in [0.2, 0.25) is 0 Å². The summed E-state index contributed by atoms with van der Waals surface area (Å²) in [5.41, 5.74) is 2.20. The largest absolute Gasteiger partial charge is 0.382 e. The quantitative estimate of drug-likeness (QED) is 0.942. The highest BCUT2D eigenvalue weighted by atomic mass is 16.5. The normalized spacial score (nSPS) is 25.8. The molecule has 0 saturated carbocycles. The maximum atomic E-state index is 5.79. The lowest BCUT2D eigenvalue weighted by Crippen LogP contribution is -2.36. The van der Waals surface area contributed by atoms with Gasteiger partial charge in [-0.15, -0.1) is 10.2 Å². The monoisotopic (exact) mass is 286 g/mol. The maximum Gasteiger partial charge on any atom is 0.163 e. The number of aryl methyl sites for hydroxylation is 1. The van der Waals surface area contributed by atoms with Crippen molar-refractivity contribution in [3.63, 3.8) is 0 Å². The predicted octanol–water partition coefficient (Wildman–Crippen LogP) is 2.85. The van der Waals surface area contributed by atoms with Crippen LogP contribution in [0.5, 0.6) is 0 Å². The van der Waals surface area contributed by atoms with Gasteiger partial charge in [-0.05, 0) is 38.8 Å². The molecule has 0 amide bonds. The zero-order valence-corrected chi connectivity index (χ0v) is 12.8. The molecule has 2 atom stereocenters. The predicted molar refractivity (Wildman–Crippen MR) is 83.1 cm³/mol. The molecule has 5 nitrogen and oxygen atoms in total. The van der Waals surface area contributed by atoms with E-state index in [-0.39, 0.29) is 0 Å². The number of anilines is 1. The van der Waals surface area contributed by atoms with Crippen molar-refractivity contribution in [2.75, 3.05) is 5.32 Å². The Labute approximate surface area is 125 Å². The Morgan fingerprint density at radius 1 is 1.24 bits per heavy atom. The smallest absolute Gasteiger partial charge is 0.163 e. The molecule has 0 spiro atoms. The Morgan fingerprint density at radius 2 is 2.00 bits per heavy atom. The molecule has 2 aromatic rings. The zero-order chi connectivity index (χ0) is 14.8. The van der Waals surface area contributed by atoms with Gasteiger partial charge in [0.15, 0.2) is 5.82 Å². The molecule has 2 unspecified atom stereocenters. The van der Waals surface area contributed by atoms with Crippen LogP contribution in [0.1, 0.15) is 26.7 Å². The fourth-order valence-electron chi connectivity index (χ4n) is 3.05. The summed E-state index contributed by atoms with van der Waals surface area (Å²) in [6.07, 6.45) is 4.43. The first-order valence-electron chi connectivity index (χ1n) is 7.48. The third-order valence-electron chi connectivity index (χ3n) is 3.90. The lowest BCUT2D eigenvalue weighted by molar-refractivity contribution is -0.0337. The van der Waals surface area contributed by atoms with Crippen molar-refractivity contribution in [3.8, 4) is 11.4 Å². The summed E-state index contributed by atoms with van der Waals surface area (Å²) in [6.45, 7) is 4.28. The molecule has 112 valence electrons. The molecule has 1 aromatic carbocycles. The van der Waals surface area contributed by atoms with E-state index in [4.69, 9.17) is 4.74 Å². The van der Waals surface area contributed by atoms with Crippen LogP contribution in [0.4, 0.5) is 5.69 Å². The van der Waals surface area contributed by atoms with E-state index >= 15 is 0 Å². The minimum atomic E-state index is 0.313. The molecule has 1 aromatic heterocycles. The average molecular weight is 286 g/mol. The number of rotatable bonds is 3. The Hall–Kier alpha value is -1.88. The van der Waals surface area contributed by atoms with Crippen molar-refractivity contribution >= 4 is 5.69 Å². The number of benzene rings is 1. The number of aromatic nitrogens is 3. The van der Waals surface area contributed by atoms with E-state index in [0.717, 1.165) is 29.9 Å². The van der Waals surface area contributed by atoms with Crippen molar-refractivity contribution in [3.05, 3.63) is 30.6 Å². The van der Waals surface area contributed by atoms with Crippen LogP contribution in [0.25, 0.3) is 11.4 Å². The van der Waals surface area contributed by atoms with Crippen LogP contribution in [0.2, 0.25) is 0 Å². The van der Waals surface area contributed by atoms with Gasteiger partial charge in [0.25, 0.3) is 0 Å². The molecule has 3 rings (SSSR count). The molecule has 0 radical (unpaired) electrons. The number of ether oxygens (including phenoxy) is 1. The van der Waals surface area contributed by atoms with E-state index in [1.165, 1.54) is 0 Å². The molecule has 1 saturated heterocycles. The van der Waals surface area contributed by atoms with E-state index in [0.29, 0.717) is 18.2 Å². The Bertz CT molecular complexity index is 600. The van der Waals surface area contributed by atoms with Gasteiger partial charge in [-0.1, -0.05) is 12.1 Å². The number of nitrogens with zero attached hydrogens (tertiary/aromatic N) is 3. The summed E-state index contributed by atoms with van der Waals surface area (Å²) >= 11 is 0. The van der Waals surface area contributed by atoms with E-state index in [2.05, 4.69) is 53.6 Å². The molecule has 5 heteroatoms. The molecule has 1 aliphatic rings. The van der Waals surface area contributed by atoms with Crippen LogP contribution < -0.4 is 5.32 Å². The fourth-order valence-corrected chi connectivity index (χ4v) is 3.05. The van der Waals surface area contributed by atoms with Crippen LogP contribution in [-0.4, -0.2) is 33.0 Å². The number of hydrogen-bond donors (Lipinski definition) is 1. The van der Waals surface area contributed by atoms with Crippen LogP contribution in [0.3, 0.4) is 0 Å². The lowest BCUT2D eigenvalue weighted by atomic mass is 9.99. The van der Waals surface area contributed by atoms with Gasteiger partial charge < -0.3 is 14.6 Å². The van der Waals surface area contributed by atoms with Gasteiger partial charge in [0, 0.05) is 24.3 Å². The molecule has 2 heterocycles. The number of nitrogens with one attached hydrogen (secondary N) is 1. The zero-order valence-electron chi connectivity index (χ0n) is 12.8.